The van der Waals surface area contributed by atoms with Crippen molar-refractivity contribution in [3.8, 4) is 5.75 Å². The Kier molecular flexibility index (Phi) is 4.17. The molecule has 0 saturated carbocycles. The maximum Gasteiger partial charge on any atom is 0.417 e. The third-order valence-electron chi connectivity index (χ3n) is 3.73. The molecule has 0 aliphatic carbocycles. The molecule has 0 fully saturated rings. The summed E-state index contributed by atoms with van der Waals surface area (Å²) in [5, 5.41) is 2.45. The number of halogens is 4. The molecule has 0 aromatic heterocycles. The number of amides is 1. The van der Waals surface area contributed by atoms with Crippen molar-refractivity contribution in [1.29, 1.82) is 0 Å². The van der Waals surface area contributed by atoms with Crippen molar-refractivity contribution in [2.45, 2.75) is 18.7 Å². The molecule has 3 rings (SSSR count). The number of hydrogen-bond acceptors (Lipinski definition) is 2. The van der Waals surface area contributed by atoms with Gasteiger partial charge in [-0.25, -0.2) is 4.39 Å². The van der Waals surface area contributed by atoms with E-state index in [1.54, 1.807) is 0 Å². The lowest BCUT2D eigenvalue weighted by molar-refractivity contribution is -0.137. The maximum absolute atomic E-state index is 13.1. The van der Waals surface area contributed by atoms with Crippen molar-refractivity contribution in [1.82, 2.24) is 5.32 Å². The lowest BCUT2D eigenvalue weighted by Crippen LogP contribution is -2.35. The molecule has 24 heavy (non-hydrogen) atoms. The standard InChI is InChI=1S/C17H13F4NO2/c18-11-5-6-15-10(7-11)8-12(24-15)9-22-16(23)13-3-1-2-4-14(13)17(19,20)21/h1-7,12H,8-9H2,(H,22,23)/t12-/m1/s1. The molecule has 1 aliphatic rings. The average Bonchev–Trinajstić information content (AvgIpc) is 2.93. The molecule has 126 valence electrons. The molecule has 3 nitrogen and oxygen atoms in total. The first kappa shape index (κ1) is 16.3. The van der Waals surface area contributed by atoms with Crippen LogP contribution in [0.4, 0.5) is 17.6 Å². The molecule has 0 saturated heterocycles. The summed E-state index contributed by atoms with van der Waals surface area (Å²) < 4.78 is 57.5. The molecule has 0 bridgehead atoms. The lowest BCUT2D eigenvalue weighted by atomic mass is 10.1. The first-order chi connectivity index (χ1) is 11.3. The van der Waals surface area contributed by atoms with Crippen molar-refractivity contribution < 1.29 is 27.1 Å². The number of rotatable bonds is 3. The number of nitrogens with one attached hydrogen (secondary N) is 1. The Bertz CT molecular complexity index is 773. The molecular formula is C17H13F4NO2. The van der Waals surface area contributed by atoms with Crippen molar-refractivity contribution in [3.05, 3.63) is 65.0 Å². The van der Waals surface area contributed by atoms with Crippen LogP contribution in [0.2, 0.25) is 0 Å². The predicted octanol–water partition coefficient (Wildman–Crippen LogP) is 3.58. The number of hydrogen-bond donors (Lipinski definition) is 1. The monoisotopic (exact) mass is 339 g/mol. The molecule has 7 heteroatoms. The van der Waals surface area contributed by atoms with E-state index in [0.717, 1.165) is 12.1 Å². The van der Waals surface area contributed by atoms with Gasteiger partial charge in [0, 0.05) is 12.0 Å². The zero-order valence-electron chi connectivity index (χ0n) is 12.4. The number of fused-ring (bicyclic) bond motifs is 1. The van der Waals surface area contributed by atoms with E-state index in [0.29, 0.717) is 17.7 Å². The first-order valence-corrected chi connectivity index (χ1v) is 7.24. The van der Waals surface area contributed by atoms with Crippen LogP contribution in [0.5, 0.6) is 5.75 Å². The summed E-state index contributed by atoms with van der Waals surface area (Å²) in [4.78, 5) is 12.1. The highest BCUT2D eigenvalue weighted by atomic mass is 19.4. The van der Waals surface area contributed by atoms with E-state index in [-0.39, 0.29) is 12.4 Å². The van der Waals surface area contributed by atoms with E-state index in [1.165, 1.54) is 30.3 Å². The Hall–Kier alpha value is -2.57. The second kappa shape index (κ2) is 6.14. The van der Waals surface area contributed by atoms with Gasteiger partial charge in [0.2, 0.25) is 0 Å². The van der Waals surface area contributed by atoms with Crippen LogP contribution < -0.4 is 10.1 Å². The van der Waals surface area contributed by atoms with Gasteiger partial charge in [0.25, 0.3) is 5.91 Å². The largest absolute Gasteiger partial charge is 0.488 e. The molecule has 1 aliphatic heterocycles. The van der Waals surface area contributed by atoms with Crippen molar-refractivity contribution >= 4 is 5.91 Å². The van der Waals surface area contributed by atoms with Gasteiger partial charge in [-0.15, -0.1) is 0 Å². The highest BCUT2D eigenvalue weighted by Gasteiger charge is 2.35. The third-order valence-corrected chi connectivity index (χ3v) is 3.73. The summed E-state index contributed by atoms with van der Waals surface area (Å²) in [6.45, 7) is 0.0291. The lowest BCUT2D eigenvalue weighted by Gasteiger charge is -2.15. The Morgan fingerprint density at radius 3 is 2.71 bits per heavy atom. The third kappa shape index (κ3) is 3.34. The zero-order chi connectivity index (χ0) is 17.3. The number of carbonyl (C=O) groups is 1. The van der Waals surface area contributed by atoms with Gasteiger partial charge in [-0.3, -0.25) is 4.79 Å². The summed E-state index contributed by atoms with van der Waals surface area (Å²) in [7, 11) is 0. The SMILES string of the molecule is O=C(NC[C@H]1Cc2cc(F)ccc2O1)c1ccccc1C(F)(F)F. The van der Waals surface area contributed by atoms with Crippen LogP contribution in [-0.2, 0) is 12.6 Å². The van der Waals surface area contributed by atoms with Crippen LogP contribution in [0.1, 0.15) is 21.5 Å². The fraction of sp³-hybridized carbons (Fsp3) is 0.235. The number of benzene rings is 2. The quantitative estimate of drug-likeness (QED) is 0.868. The first-order valence-electron chi connectivity index (χ1n) is 7.24. The molecular weight excluding hydrogens is 326 g/mol. The topological polar surface area (TPSA) is 38.3 Å². The fourth-order valence-electron chi connectivity index (χ4n) is 2.63. The summed E-state index contributed by atoms with van der Waals surface area (Å²) in [5.74, 6) is -0.693. The Labute approximate surface area is 135 Å². The molecule has 0 radical (unpaired) electrons. The van der Waals surface area contributed by atoms with Gasteiger partial charge in [0.1, 0.15) is 17.7 Å². The Balaban J connectivity index is 1.66. The predicted molar refractivity (Wildman–Crippen MR) is 78.3 cm³/mol. The van der Waals surface area contributed by atoms with Gasteiger partial charge in [0.15, 0.2) is 0 Å². The summed E-state index contributed by atoms with van der Waals surface area (Å²) in [5.41, 5.74) is -0.753. The minimum Gasteiger partial charge on any atom is -0.488 e. The van der Waals surface area contributed by atoms with Crippen LogP contribution in [0.25, 0.3) is 0 Å². The van der Waals surface area contributed by atoms with Crippen LogP contribution >= 0.6 is 0 Å². The van der Waals surface area contributed by atoms with E-state index in [4.69, 9.17) is 4.74 Å². The van der Waals surface area contributed by atoms with Gasteiger partial charge >= 0.3 is 6.18 Å². The van der Waals surface area contributed by atoms with Crippen molar-refractivity contribution in [3.63, 3.8) is 0 Å². The van der Waals surface area contributed by atoms with Gasteiger partial charge < -0.3 is 10.1 Å². The van der Waals surface area contributed by atoms with Crippen LogP contribution in [0.3, 0.4) is 0 Å². The Morgan fingerprint density at radius 1 is 1.21 bits per heavy atom. The summed E-state index contributed by atoms with van der Waals surface area (Å²) in [6, 6.07) is 8.68. The van der Waals surface area contributed by atoms with E-state index in [1.807, 2.05) is 0 Å². The van der Waals surface area contributed by atoms with E-state index >= 15 is 0 Å². The smallest absolute Gasteiger partial charge is 0.417 e. The van der Waals surface area contributed by atoms with E-state index < -0.39 is 29.3 Å². The van der Waals surface area contributed by atoms with Gasteiger partial charge in [-0.05, 0) is 30.3 Å². The molecule has 1 amide bonds. The summed E-state index contributed by atoms with van der Waals surface area (Å²) >= 11 is 0. The number of ether oxygens (including phenoxy) is 1. The minimum atomic E-state index is -4.61. The molecule has 1 atom stereocenters. The van der Waals surface area contributed by atoms with Gasteiger partial charge in [-0.2, -0.15) is 13.2 Å². The van der Waals surface area contributed by atoms with Crippen LogP contribution in [0.15, 0.2) is 42.5 Å². The molecule has 2 aromatic carbocycles. The molecule has 1 N–H and O–H groups in total. The Morgan fingerprint density at radius 2 is 1.96 bits per heavy atom. The van der Waals surface area contributed by atoms with Crippen molar-refractivity contribution in [2.24, 2.45) is 0 Å². The second-order valence-corrected chi connectivity index (χ2v) is 5.45. The molecule has 0 spiro atoms. The van der Waals surface area contributed by atoms with E-state index in [9.17, 15) is 22.4 Å². The highest BCUT2D eigenvalue weighted by molar-refractivity contribution is 5.95. The zero-order valence-corrected chi connectivity index (χ0v) is 12.4. The van der Waals surface area contributed by atoms with Gasteiger partial charge in [-0.1, -0.05) is 12.1 Å². The normalized spacial score (nSPS) is 16.4. The molecule has 2 aromatic rings. The average molecular weight is 339 g/mol. The van der Waals surface area contributed by atoms with Crippen LogP contribution in [-0.4, -0.2) is 18.6 Å². The highest BCUT2D eigenvalue weighted by Crippen LogP contribution is 2.32. The molecule has 1 heterocycles. The van der Waals surface area contributed by atoms with Crippen LogP contribution in [0, 0.1) is 5.82 Å². The van der Waals surface area contributed by atoms with Crippen molar-refractivity contribution in [2.75, 3.05) is 6.54 Å². The number of alkyl halides is 3. The maximum atomic E-state index is 13.1. The minimum absolute atomic E-state index is 0.0291. The van der Waals surface area contributed by atoms with Gasteiger partial charge in [0.05, 0.1) is 17.7 Å². The fourth-order valence-corrected chi connectivity index (χ4v) is 2.63. The van der Waals surface area contributed by atoms with E-state index in [2.05, 4.69) is 5.32 Å². The number of carbonyl (C=O) groups excluding carboxylic acids is 1. The second-order valence-electron chi connectivity index (χ2n) is 5.45. The molecule has 0 unspecified atom stereocenters. The summed E-state index contributed by atoms with van der Waals surface area (Å²) in [6.07, 6.45) is -4.66.